The van der Waals surface area contributed by atoms with Crippen LogP contribution in [0.5, 0.6) is 0 Å². The zero-order chi connectivity index (χ0) is 8.77. The van der Waals surface area contributed by atoms with Crippen LogP contribution >= 0.6 is 0 Å². The van der Waals surface area contributed by atoms with Crippen molar-refractivity contribution in [2.24, 2.45) is 0 Å². The summed E-state index contributed by atoms with van der Waals surface area (Å²) in [6, 6.07) is 0. The second kappa shape index (κ2) is 2.03. The molecule has 0 N–H and O–H groups in total. The number of halogens is 1. The highest BCUT2D eigenvalue weighted by Gasteiger charge is 2.54. The van der Waals surface area contributed by atoms with E-state index in [0.29, 0.717) is 0 Å². The highest BCUT2D eigenvalue weighted by atomic mass is 19.1. The molecule has 0 saturated carbocycles. The fraction of sp³-hybridized carbons (Fsp3) is 0.250. The van der Waals surface area contributed by atoms with E-state index in [-0.39, 0.29) is 12.0 Å². The first-order chi connectivity index (χ1) is 5.64. The maximum Gasteiger partial charge on any atom is 0.357 e. The Morgan fingerprint density at radius 3 is 2.92 bits per heavy atom. The SMILES string of the molecule is O=C1OC(=O)C2(F)CC=CC=C12. The van der Waals surface area contributed by atoms with E-state index >= 15 is 0 Å². The van der Waals surface area contributed by atoms with Crippen molar-refractivity contribution in [2.45, 2.75) is 12.1 Å². The molecule has 2 rings (SSSR count). The number of fused-ring (bicyclic) bond motifs is 1. The lowest BCUT2D eigenvalue weighted by Gasteiger charge is -2.14. The second-order valence-corrected chi connectivity index (χ2v) is 2.69. The van der Waals surface area contributed by atoms with E-state index in [1.54, 1.807) is 0 Å². The van der Waals surface area contributed by atoms with Gasteiger partial charge in [0.05, 0.1) is 5.57 Å². The highest BCUT2D eigenvalue weighted by Crippen LogP contribution is 2.36. The van der Waals surface area contributed by atoms with Gasteiger partial charge >= 0.3 is 11.9 Å². The summed E-state index contributed by atoms with van der Waals surface area (Å²) < 4.78 is 17.7. The second-order valence-electron chi connectivity index (χ2n) is 2.69. The lowest BCUT2D eigenvalue weighted by Crippen LogP contribution is -2.31. The summed E-state index contributed by atoms with van der Waals surface area (Å²) in [5.41, 5.74) is -2.40. The molecule has 0 amide bonds. The van der Waals surface area contributed by atoms with E-state index in [9.17, 15) is 14.0 Å². The van der Waals surface area contributed by atoms with Crippen molar-refractivity contribution in [3.05, 3.63) is 23.8 Å². The third kappa shape index (κ3) is 0.691. The topological polar surface area (TPSA) is 43.4 Å². The van der Waals surface area contributed by atoms with Crippen molar-refractivity contribution < 1.29 is 18.7 Å². The molecule has 0 aromatic carbocycles. The van der Waals surface area contributed by atoms with Crippen LogP contribution in [0.1, 0.15) is 6.42 Å². The molecule has 1 atom stereocenters. The summed E-state index contributed by atoms with van der Waals surface area (Å²) >= 11 is 0. The first kappa shape index (κ1) is 7.21. The van der Waals surface area contributed by atoms with E-state index in [4.69, 9.17) is 0 Å². The van der Waals surface area contributed by atoms with Crippen molar-refractivity contribution in [1.29, 1.82) is 0 Å². The van der Waals surface area contributed by atoms with E-state index in [1.807, 2.05) is 0 Å². The average molecular weight is 168 g/mol. The van der Waals surface area contributed by atoms with Crippen molar-refractivity contribution in [2.75, 3.05) is 0 Å². The Balaban J connectivity index is 2.54. The molecule has 1 saturated heterocycles. The third-order valence-corrected chi connectivity index (χ3v) is 1.95. The van der Waals surface area contributed by atoms with Gasteiger partial charge in [-0.05, 0) is 6.08 Å². The summed E-state index contributed by atoms with van der Waals surface area (Å²) in [5, 5.41) is 0. The van der Waals surface area contributed by atoms with Gasteiger partial charge in [-0.2, -0.15) is 0 Å². The van der Waals surface area contributed by atoms with Gasteiger partial charge in [-0.1, -0.05) is 12.2 Å². The fourth-order valence-electron chi connectivity index (χ4n) is 1.28. The summed E-state index contributed by atoms with van der Waals surface area (Å²) in [4.78, 5) is 21.7. The number of esters is 2. The molecular formula is C8H5FO3. The van der Waals surface area contributed by atoms with Crippen LogP contribution in [0.3, 0.4) is 0 Å². The van der Waals surface area contributed by atoms with Crippen molar-refractivity contribution >= 4 is 11.9 Å². The van der Waals surface area contributed by atoms with Gasteiger partial charge in [0.15, 0.2) is 0 Å². The first-order valence-electron chi connectivity index (χ1n) is 3.47. The number of carbonyl (C=O) groups is 2. The molecule has 1 heterocycles. The molecule has 2 aliphatic rings. The number of allylic oxidation sites excluding steroid dienone is 3. The van der Waals surface area contributed by atoms with Crippen molar-refractivity contribution in [1.82, 2.24) is 0 Å². The van der Waals surface area contributed by atoms with Crippen LogP contribution < -0.4 is 0 Å². The van der Waals surface area contributed by atoms with E-state index < -0.39 is 17.6 Å². The first-order valence-corrected chi connectivity index (χ1v) is 3.47. The summed E-state index contributed by atoms with van der Waals surface area (Å²) in [6.07, 6.45) is 4.19. The Hall–Kier alpha value is -1.45. The number of alkyl halides is 1. The number of ether oxygens (including phenoxy) is 1. The molecule has 1 unspecified atom stereocenters. The highest BCUT2D eigenvalue weighted by molar-refractivity contribution is 6.12. The van der Waals surface area contributed by atoms with Gasteiger partial charge in [-0.25, -0.2) is 14.0 Å². The van der Waals surface area contributed by atoms with Crippen LogP contribution in [0.25, 0.3) is 0 Å². The number of hydrogen-bond acceptors (Lipinski definition) is 3. The fourth-order valence-corrected chi connectivity index (χ4v) is 1.28. The molecule has 3 nitrogen and oxygen atoms in total. The molecule has 0 radical (unpaired) electrons. The molecule has 4 heteroatoms. The Morgan fingerprint density at radius 1 is 1.50 bits per heavy atom. The molecule has 1 aliphatic carbocycles. The zero-order valence-electron chi connectivity index (χ0n) is 6.04. The van der Waals surface area contributed by atoms with Gasteiger partial charge in [0.2, 0.25) is 5.67 Å². The summed E-state index contributed by atoms with van der Waals surface area (Å²) in [5.74, 6) is -1.96. The molecule has 0 spiro atoms. The minimum atomic E-state index is -2.22. The van der Waals surface area contributed by atoms with E-state index in [2.05, 4.69) is 4.74 Å². The number of hydrogen-bond donors (Lipinski definition) is 0. The summed E-state index contributed by atoms with van der Waals surface area (Å²) in [7, 11) is 0. The summed E-state index contributed by atoms with van der Waals surface area (Å²) in [6.45, 7) is 0. The zero-order valence-corrected chi connectivity index (χ0v) is 6.04. The molecule has 0 bridgehead atoms. The minimum Gasteiger partial charge on any atom is -0.387 e. The predicted octanol–water partition coefficient (Wildman–Crippen LogP) is 0.664. The molecule has 62 valence electrons. The monoisotopic (exact) mass is 168 g/mol. The minimum absolute atomic E-state index is 0.108. The number of carbonyl (C=O) groups excluding carboxylic acids is 2. The molecule has 12 heavy (non-hydrogen) atoms. The Morgan fingerprint density at radius 2 is 2.25 bits per heavy atom. The van der Waals surface area contributed by atoms with Crippen LogP contribution in [0.4, 0.5) is 4.39 Å². The Labute approximate surface area is 67.5 Å². The maximum absolute atomic E-state index is 13.6. The lowest BCUT2D eigenvalue weighted by atomic mass is 9.91. The molecular weight excluding hydrogens is 163 g/mol. The van der Waals surface area contributed by atoms with Crippen LogP contribution in [-0.2, 0) is 14.3 Å². The Bertz CT molecular complexity index is 329. The van der Waals surface area contributed by atoms with Crippen LogP contribution in [0.2, 0.25) is 0 Å². The quantitative estimate of drug-likeness (QED) is 0.394. The normalized spacial score (nSPS) is 32.9. The maximum atomic E-state index is 13.6. The standard InChI is InChI=1S/C8H5FO3/c9-8-4-2-1-3-5(8)6(10)12-7(8)11/h1-3H,4H2. The number of cyclic esters (lactones) is 2. The average Bonchev–Trinajstić information content (AvgIpc) is 2.25. The predicted molar refractivity (Wildman–Crippen MR) is 36.8 cm³/mol. The number of rotatable bonds is 0. The van der Waals surface area contributed by atoms with Gasteiger partial charge in [0.25, 0.3) is 0 Å². The van der Waals surface area contributed by atoms with E-state index in [0.717, 1.165) is 0 Å². The lowest BCUT2D eigenvalue weighted by molar-refractivity contribution is -0.155. The van der Waals surface area contributed by atoms with Crippen LogP contribution in [-0.4, -0.2) is 17.6 Å². The van der Waals surface area contributed by atoms with Gasteiger partial charge in [-0.15, -0.1) is 0 Å². The molecule has 1 fully saturated rings. The smallest absolute Gasteiger partial charge is 0.357 e. The molecule has 1 aliphatic heterocycles. The van der Waals surface area contributed by atoms with Gasteiger partial charge in [0.1, 0.15) is 0 Å². The van der Waals surface area contributed by atoms with Gasteiger partial charge in [0, 0.05) is 6.42 Å². The largest absolute Gasteiger partial charge is 0.387 e. The van der Waals surface area contributed by atoms with Crippen molar-refractivity contribution in [3.8, 4) is 0 Å². The van der Waals surface area contributed by atoms with Crippen LogP contribution in [0, 0.1) is 0 Å². The van der Waals surface area contributed by atoms with Gasteiger partial charge < -0.3 is 4.74 Å². The van der Waals surface area contributed by atoms with Crippen LogP contribution in [0.15, 0.2) is 23.8 Å². The third-order valence-electron chi connectivity index (χ3n) is 1.95. The van der Waals surface area contributed by atoms with Crippen molar-refractivity contribution in [3.63, 3.8) is 0 Å². The molecule has 0 aromatic heterocycles. The van der Waals surface area contributed by atoms with E-state index in [1.165, 1.54) is 18.2 Å². The molecule has 0 aromatic rings. The van der Waals surface area contributed by atoms with Gasteiger partial charge in [-0.3, -0.25) is 0 Å². The Kier molecular flexibility index (Phi) is 1.22.